The predicted octanol–water partition coefficient (Wildman–Crippen LogP) is 2.83. The third kappa shape index (κ3) is 3.20. The molecule has 1 saturated heterocycles. The van der Waals surface area contributed by atoms with Crippen molar-refractivity contribution in [1.82, 2.24) is 10.2 Å². The Morgan fingerprint density at radius 2 is 2.07 bits per heavy atom. The summed E-state index contributed by atoms with van der Waals surface area (Å²) in [7, 11) is 5.11. The highest BCUT2D eigenvalue weighted by molar-refractivity contribution is 7.13. The van der Waals surface area contributed by atoms with Gasteiger partial charge in [0.05, 0.1) is 12.7 Å². The number of carbonyl (C=O) groups excluding carboxylic acids is 2. The minimum absolute atomic E-state index is 0.0943. The number of hydrogen-bond acceptors (Lipinski definition) is 9. The molecule has 0 aliphatic carbocycles. The van der Waals surface area contributed by atoms with Crippen molar-refractivity contribution in [3.8, 4) is 5.75 Å². The van der Waals surface area contributed by atoms with E-state index in [2.05, 4.69) is 10.2 Å². The van der Waals surface area contributed by atoms with Gasteiger partial charge in [0, 0.05) is 25.7 Å². The molecule has 0 spiro atoms. The fraction of sp³-hybridized carbons (Fsp3) is 0.200. The normalized spacial score (nSPS) is 18.1. The summed E-state index contributed by atoms with van der Waals surface area (Å²) < 4.78 is 11.1. The Hall–Kier alpha value is -3.66. The van der Waals surface area contributed by atoms with Crippen molar-refractivity contribution >= 4 is 39.8 Å². The first-order valence-electron chi connectivity index (χ1n) is 8.91. The van der Waals surface area contributed by atoms with Crippen LogP contribution in [0.5, 0.6) is 5.75 Å². The van der Waals surface area contributed by atoms with Crippen molar-refractivity contribution in [1.29, 1.82) is 0 Å². The molecule has 0 saturated carbocycles. The van der Waals surface area contributed by atoms with Gasteiger partial charge < -0.3 is 19.2 Å². The quantitative estimate of drug-likeness (QED) is 0.377. The molecule has 3 aromatic rings. The van der Waals surface area contributed by atoms with Gasteiger partial charge >= 0.3 is 5.91 Å². The lowest BCUT2D eigenvalue weighted by Crippen LogP contribution is -2.29. The zero-order valence-corrected chi connectivity index (χ0v) is 17.2. The third-order valence-electron chi connectivity index (χ3n) is 4.67. The van der Waals surface area contributed by atoms with Gasteiger partial charge in [0.25, 0.3) is 5.78 Å². The number of aliphatic hydroxyl groups excluding tert-OH is 1. The number of benzene rings is 1. The van der Waals surface area contributed by atoms with Gasteiger partial charge in [0.15, 0.2) is 5.88 Å². The molecule has 1 atom stereocenters. The average Bonchev–Trinajstić information content (AvgIpc) is 3.48. The van der Waals surface area contributed by atoms with Gasteiger partial charge in [-0.2, -0.15) is 0 Å². The molecule has 1 N–H and O–H groups in total. The van der Waals surface area contributed by atoms with Gasteiger partial charge in [0.1, 0.15) is 28.8 Å². The first-order valence-corrected chi connectivity index (χ1v) is 9.79. The molecule has 154 valence electrons. The maximum absolute atomic E-state index is 13.0. The van der Waals surface area contributed by atoms with Crippen LogP contribution in [0.25, 0.3) is 5.76 Å². The van der Waals surface area contributed by atoms with Crippen LogP contribution in [0.3, 0.4) is 0 Å². The summed E-state index contributed by atoms with van der Waals surface area (Å²) in [5.41, 5.74) is 1.71. The van der Waals surface area contributed by atoms with Crippen molar-refractivity contribution in [2.45, 2.75) is 6.04 Å². The minimum atomic E-state index is -0.988. The molecule has 1 aromatic carbocycles. The second kappa shape index (κ2) is 7.64. The molecule has 1 amide bonds. The Bertz CT molecular complexity index is 1140. The van der Waals surface area contributed by atoms with Crippen molar-refractivity contribution in [3.05, 3.63) is 58.8 Å². The van der Waals surface area contributed by atoms with Crippen LogP contribution in [0.1, 0.15) is 17.4 Å². The summed E-state index contributed by atoms with van der Waals surface area (Å²) in [5, 5.41) is 19.0. The molecular weight excluding hydrogens is 408 g/mol. The Morgan fingerprint density at radius 1 is 1.27 bits per heavy atom. The first-order chi connectivity index (χ1) is 14.4. The molecule has 1 fully saturated rings. The summed E-state index contributed by atoms with van der Waals surface area (Å²) in [6.07, 6.45) is 0. The van der Waals surface area contributed by atoms with E-state index >= 15 is 0 Å². The zero-order valence-electron chi connectivity index (χ0n) is 16.4. The summed E-state index contributed by atoms with van der Waals surface area (Å²) in [6, 6.07) is 9.00. The number of hydrogen-bond donors (Lipinski definition) is 1. The topological polar surface area (TPSA) is 109 Å². The van der Waals surface area contributed by atoms with E-state index in [4.69, 9.17) is 9.15 Å². The molecule has 1 aliphatic rings. The summed E-state index contributed by atoms with van der Waals surface area (Å²) in [5.74, 6) is -0.622. The predicted molar refractivity (Wildman–Crippen MR) is 111 cm³/mol. The van der Waals surface area contributed by atoms with Crippen LogP contribution in [0, 0.1) is 0 Å². The van der Waals surface area contributed by atoms with Crippen LogP contribution >= 0.6 is 11.3 Å². The Morgan fingerprint density at radius 3 is 2.70 bits per heavy atom. The molecule has 0 radical (unpaired) electrons. The van der Waals surface area contributed by atoms with E-state index in [-0.39, 0.29) is 16.5 Å². The summed E-state index contributed by atoms with van der Waals surface area (Å²) >= 11 is 1.11. The number of rotatable bonds is 5. The molecule has 1 unspecified atom stereocenters. The Labute approximate surface area is 175 Å². The number of methoxy groups -OCH3 is 1. The highest BCUT2D eigenvalue weighted by atomic mass is 32.1. The van der Waals surface area contributed by atoms with Crippen LogP contribution in [0.4, 0.5) is 11.0 Å². The minimum Gasteiger partial charge on any atom is -0.507 e. The largest absolute Gasteiger partial charge is 0.507 e. The van der Waals surface area contributed by atoms with E-state index in [1.54, 1.807) is 55.4 Å². The number of aromatic nitrogens is 2. The van der Waals surface area contributed by atoms with E-state index in [0.717, 1.165) is 11.3 Å². The monoisotopic (exact) mass is 426 g/mol. The Balaban J connectivity index is 1.92. The standard InChI is InChI=1S/C20H18N4O5S/c1-23(2)14-8-7-13(29-14)16-15(17(25)11-5-4-6-12(9-11)28-3)18(26)19(27)24(16)20-22-21-10-30-20/h4-10,16,25H,1-3H3/b17-15+. The third-order valence-corrected chi connectivity index (χ3v) is 5.35. The highest BCUT2D eigenvalue weighted by Crippen LogP contribution is 2.43. The van der Waals surface area contributed by atoms with Crippen LogP contribution in [-0.2, 0) is 9.59 Å². The maximum atomic E-state index is 13.0. The molecule has 4 rings (SSSR count). The lowest BCUT2D eigenvalue weighted by molar-refractivity contribution is -0.132. The number of carbonyl (C=O) groups is 2. The van der Waals surface area contributed by atoms with E-state index in [1.165, 1.54) is 17.5 Å². The molecule has 3 heterocycles. The number of Topliss-reactive ketones (excluding diaryl/α,β-unsaturated/α-hetero) is 1. The molecule has 1 aliphatic heterocycles. The van der Waals surface area contributed by atoms with Gasteiger partial charge in [-0.05, 0) is 18.2 Å². The van der Waals surface area contributed by atoms with Crippen LogP contribution in [0.15, 0.2) is 51.9 Å². The summed E-state index contributed by atoms with van der Waals surface area (Å²) in [6.45, 7) is 0. The van der Waals surface area contributed by atoms with Crippen LogP contribution < -0.4 is 14.5 Å². The van der Waals surface area contributed by atoms with E-state index in [9.17, 15) is 14.7 Å². The Kier molecular flexibility index (Phi) is 5.00. The SMILES string of the molecule is COc1cccc(/C(O)=C2\C(=O)C(=O)N(c3nncs3)C2c2ccc(N(C)C)o2)c1. The molecule has 2 aromatic heterocycles. The lowest BCUT2D eigenvalue weighted by atomic mass is 9.99. The molecule has 10 heteroatoms. The van der Waals surface area contributed by atoms with Gasteiger partial charge in [-0.1, -0.05) is 23.5 Å². The molecular formula is C20H18N4O5S. The smallest absolute Gasteiger partial charge is 0.302 e. The number of ketones is 1. The van der Waals surface area contributed by atoms with Gasteiger partial charge in [-0.15, -0.1) is 10.2 Å². The lowest BCUT2D eigenvalue weighted by Gasteiger charge is -2.20. The van der Waals surface area contributed by atoms with Gasteiger partial charge in [0.2, 0.25) is 5.13 Å². The van der Waals surface area contributed by atoms with Crippen molar-refractivity contribution in [2.75, 3.05) is 31.0 Å². The summed E-state index contributed by atoms with van der Waals surface area (Å²) in [4.78, 5) is 28.8. The fourth-order valence-corrected chi connectivity index (χ4v) is 3.81. The number of aliphatic hydroxyl groups is 1. The number of ether oxygens (including phenoxy) is 1. The zero-order chi connectivity index (χ0) is 21.4. The number of nitrogens with zero attached hydrogens (tertiary/aromatic N) is 4. The van der Waals surface area contributed by atoms with Crippen LogP contribution in [0.2, 0.25) is 0 Å². The first kappa shape index (κ1) is 19.6. The van der Waals surface area contributed by atoms with E-state index < -0.39 is 17.7 Å². The van der Waals surface area contributed by atoms with Crippen molar-refractivity contribution < 1.29 is 23.8 Å². The van der Waals surface area contributed by atoms with E-state index in [0.29, 0.717) is 23.0 Å². The van der Waals surface area contributed by atoms with Gasteiger partial charge in [-0.3, -0.25) is 14.5 Å². The van der Waals surface area contributed by atoms with E-state index in [1.807, 2.05) is 0 Å². The fourth-order valence-electron chi connectivity index (χ4n) is 3.23. The van der Waals surface area contributed by atoms with Crippen molar-refractivity contribution in [3.63, 3.8) is 0 Å². The second-order valence-electron chi connectivity index (χ2n) is 6.69. The molecule has 9 nitrogen and oxygen atoms in total. The van der Waals surface area contributed by atoms with Crippen molar-refractivity contribution in [2.24, 2.45) is 0 Å². The number of amides is 1. The number of furan rings is 1. The molecule has 30 heavy (non-hydrogen) atoms. The second-order valence-corrected chi connectivity index (χ2v) is 7.50. The maximum Gasteiger partial charge on any atom is 0.302 e. The van der Waals surface area contributed by atoms with Gasteiger partial charge in [-0.25, -0.2) is 0 Å². The van der Waals surface area contributed by atoms with Crippen LogP contribution in [-0.4, -0.2) is 48.2 Å². The average molecular weight is 426 g/mol. The molecule has 0 bridgehead atoms. The number of anilines is 2. The highest BCUT2D eigenvalue weighted by Gasteiger charge is 2.49.